The van der Waals surface area contributed by atoms with Gasteiger partial charge in [-0.3, -0.25) is 5.43 Å². The van der Waals surface area contributed by atoms with Gasteiger partial charge >= 0.3 is 0 Å². The SMILES string of the molecule is CCCCNC(=S)N/N=C(/C)c1ccc(C2CCCCC2)cc1. The molecule has 0 saturated heterocycles. The Bertz CT molecular complexity index is 516. The van der Waals surface area contributed by atoms with Crippen molar-refractivity contribution in [3.8, 4) is 0 Å². The molecule has 1 aliphatic carbocycles. The minimum atomic E-state index is 0.594. The van der Waals surface area contributed by atoms with Crippen LogP contribution in [0.4, 0.5) is 0 Å². The molecule has 1 saturated carbocycles. The second kappa shape index (κ2) is 9.66. The minimum absolute atomic E-state index is 0.594. The summed E-state index contributed by atoms with van der Waals surface area (Å²) in [6, 6.07) is 8.89. The van der Waals surface area contributed by atoms with E-state index in [4.69, 9.17) is 12.2 Å². The normalized spacial score (nSPS) is 16.2. The van der Waals surface area contributed by atoms with Crippen molar-refractivity contribution in [3.63, 3.8) is 0 Å². The van der Waals surface area contributed by atoms with E-state index in [1.165, 1.54) is 37.7 Å². The van der Waals surface area contributed by atoms with Gasteiger partial charge in [0.2, 0.25) is 0 Å². The zero-order valence-electron chi connectivity index (χ0n) is 14.4. The fourth-order valence-corrected chi connectivity index (χ4v) is 3.20. The molecule has 23 heavy (non-hydrogen) atoms. The number of unbranched alkanes of at least 4 members (excludes halogenated alkanes) is 1. The summed E-state index contributed by atoms with van der Waals surface area (Å²) in [6.07, 6.45) is 9.10. The Morgan fingerprint density at radius 2 is 1.87 bits per heavy atom. The van der Waals surface area contributed by atoms with Crippen LogP contribution in [0, 0.1) is 0 Å². The van der Waals surface area contributed by atoms with Gasteiger partial charge in [-0.05, 0) is 55.4 Å². The van der Waals surface area contributed by atoms with Gasteiger partial charge in [0.05, 0.1) is 5.71 Å². The highest BCUT2D eigenvalue weighted by Crippen LogP contribution is 2.32. The molecule has 126 valence electrons. The predicted molar refractivity (Wildman–Crippen MR) is 103 cm³/mol. The van der Waals surface area contributed by atoms with Crippen molar-refractivity contribution in [1.29, 1.82) is 0 Å². The summed E-state index contributed by atoms with van der Waals surface area (Å²) >= 11 is 5.21. The quantitative estimate of drug-likeness (QED) is 0.343. The lowest BCUT2D eigenvalue weighted by molar-refractivity contribution is 0.443. The van der Waals surface area contributed by atoms with Gasteiger partial charge in [-0.25, -0.2) is 0 Å². The highest BCUT2D eigenvalue weighted by Gasteiger charge is 2.15. The number of rotatable bonds is 6. The Balaban J connectivity index is 1.87. The molecule has 1 fully saturated rings. The van der Waals surface area contributed by atoms with Crippen LogP contribution in [0.25, 0.3) is 0 Å². The molecule has 2 rings (SSSR count). The zero-order valence-corrected chi connectivity index (χ0v) is 15.2. The Hall–Kier alpha value is -1.42. The van der Waals surface area contributed by atoms with Gasteiger partial charge in [-0.1, -0.05) is 56.9 Å². The van der Waals surface area contributed by atoms with Crippen LogP contribution in [-0.4, -0.2) is 17.4 Å². The summed E-state index contributed by atoms with van der Waals surface area (Å²) in [4.78, 5) is 0. The predicted octanol–water partition coefficient (Wildman–Crippen LogP) is 4.72. The summed E-state index contributed by atoms with van der Waals surface area (Å²) in [5.74, 6) is 0.753. The molecule has 0 bridgehead atoms. The van der Waals surface area contributed by atoms with Crippen LogP contribution < -0.4 is 10.7 Å². The van der Waals surface area contributed by atoms with E-state index in [1.54, 1.807) is 0 Å². The van der Waals surface area contributed by atoms with Crippen LogP contribution in [0.3, 0.4) is 0 Å². The molecule has 4 heteroatoms. The molecule has 0 aliphatic heterocycles. The summed E-state index contributed by atoms with van der Waals surface area (Å²) in [5.41, 5.74) is 6.51. The molecule has 1 aromatic rings. The average molecular weight is 332 g/mol. The standard InChI is InChI=1S/C19H29N3S/c1-3-4-14-20-19(23)22-21-15(2)16-10-12-18(13-11-16)17-8-6-5-7-9-17/h10-13,17H,3-9,14H2,1-2H3,(H2,20,22,23)/b21-15-. The largest absolute Gasteiger partial charge is 0.361 e. The van der Waals surface area contributed by atoms with Crippen molar-refractivity contribution in [2.75, 3.05) is 6.54 Å². The van der Waals surface area contributed by atoms with Crippen LogP contribution in [-0.2, 0) is 0 Å². The van der Waals surface area contributed by atoms with Crippen molar-refractivity contribution in [1.82, 2.24) is 10.7 Å². The third-order valence-electron chi connectivity index (χ3n) is 4.55. The van der Waals surface area contributed by atoms with Crippen molar-refractivity contribution >= 4 is 23.0 Å². The van der Waals surface area contributed by atoms with E-state index in [0.717, 1.165) is 36.6 Å². The smallest absolute Gasteiger partial charge is 0.186 e. The second-order valence-corrected chi connectivity index (χ2v) is 6.78. The fraction of sp³-hybridized carbons (Fsp3) is 0.579. The first-order valence-corrected chi connectivity index (χ1v) is 9.30. The first-order chi connectivity index (χ1) is 11.2. The maximum absolute atomic E-state index is 5.21. The number of hydrogen-bond donors (Lipinski definition) is 2. The van der Waals surface area contributed by atoms with Crippen molar-refractivity contribution in [2.24, 2.45) is 5.10 Å². The first-order valence-electron chi connectivity index (χ1n) is 8.89. The second-order valence-electron chi connectivity index (χ2n) is 6.38. The van der Waals surface area contributed by atoms with Crippen molar-refractivity contribution in [2.45, 2.75) is 64.7 Å². The summed E-state index contributed by atoms with van der Waals surface area (Å²) in [6.45, 7) is 5.07. The van der Waals surface area contributed by atoms with E-state index < -0.39 is 0 Å². The molecule has 0 heterocycles. The molecule has 1 aromatic carbocycles. The molecule has 0 atom stereocenters. The van der Waals surface area contributed by atoms with E-state index in [1.807, 2.05) is 6.92 Å². The van der Waals surface area contributed by atoms with Crippen molar-refractivity contribution < 1.29 is 0 Å². The topological polar surface area (TPSA) is 36.4 Å². The number of hydrogen-bond acceptors (Lipinski definition) is 2. The van der Waals surface area contributed by atoms with Gasteiger partial charge in [0.1, 0.15) is 0 Å². The van der Waals surface area contributed by atoms with Crippen molar-refractivity contribution in [3.05, 3.63) is 35.4 Å². The number of thiocarbonyl (C=S) groups is 1. The van der Waals surface area contributed by atoms with E-state index in [2.05, 4.69) is 47.0 Å². The molecule has 0 unspecified atom stereocenters. The van der Waals surface area contributed by atoms with Crippen LogP contribution in [0.1, 0.15) is 75.8 Å². The van der Waals surface area contributed by atoms with Gasteiger partial charge in [-0.15, -0.1) is 0 Å². The van der Waals surface area contributed by atoms with E-state index in [-0.39, 0.29) is 0 Å². The Kier molecular flexibility index (Phi) is 7.53. The molecule has 3 nitrogen and oxygen atoms in total. The molecule has 2 N–H and O–H groups in total. The highest BCUT2D eigenvalue weighted by atomic mass is 32.1. The van der Waals surface area contributed by atoms with Gasteiger partial charge in [0, 0.05) is 6.54 Å². The Morgan fingerprint density at radius 3 is 2.52 bits per heavy atom. The lowest BCUT2D eigenvalue weighted by atomic mass is 9.84. The van der Waals surface area contributed by atoms with Gasteiger partial charge in [-0.2, -0.15) is 5.10 Å². The number of nitrogens with zero attached hydrogens (tertiary/aromatic N) is 1. The highest BCUT2D eigenvalue weighted by molar-refractivity contribution is 7.80. The Morgan fingerprint density at radius 1 is 1.17 bits per heavy atom. The maximum Gasteiger partial charge on any atom is 0.186 e. The third-order valence-corrected chi connectivity index (χ3v) is 4.78. The number of benzene rings is 1. The van der Waals surface area contributed by atoms with Gasteiger partial charge in [0.25, 0.3) is 0 Å². The average Bonchev–Trinajstić information content (AvgIpc) is 2.61. The zero-order chi connectivity index (χ0) is 16.5. The molecular formula is C19H29N3S. The van der Waals surface area contributed by atoms with Gasteiger partial charge < -0.3 is 5.32 Å². The molecule has 0 aromatic heterocycles. The van der Waals surface area contributed by atoms with Gasteiger partial charge in [0.15, 0.2) is 5.11 Å². The summed E-state index contributed by atoms with van der Waals surface area (Å²) in [5, 5.41) is 8.13. The fourth-order valence-electron chi connectivity index (χ4n) is 3.05. The third kappa shape index (κ3) is 5.94. The van der Waals surface area contributed by atoms with Crippen LogP contribution in [0.2, 0.25) is 0 Å². The van der Waals surface area contributed by atoms with E-state index in [0.29, 0.717) is 5.11 Å². The lowest BCUT2D eigenvalue weighted by Gasteiger charge is -2.22. The molecule has 1 aliphatic rings. The van der Waals surface area contributed by atoms with E-state index >= 15 is 0 Å². The number of nitrogens with one attached hydrogen (secondary N) is 2. The maximum atomic E-state index is 5.21. The van der Waals surface area contributed by atoms with E-state index in [9.17, 15) is 0 Å². The summed E-state index contributed by atoms with van der Waals surface area (Å²) in [7, 11) is 0. The summed E-state index contributed by atoms with van der Waals surface area (Å²) < 4.78 is 0. The Labute approximate surface area is 145 Å². The molecule has 0 spiro atoms. The number of hydrazone groups is 1. The van der Waals surface area contributed by atoms with Crippen LogP contribution in [0.15, 0.2) is 29.4 Å². The monoisotopic (exact) mass is 331 g/mol. The molecule has 0 amide bonds. The molecular weight excluding hydrogens is 302 g/mol. The molecule has 0 radical (unpaired) electrons. The van der Waals surface area contributed by atoms with Crippen LogP contribution in [0.5, 0.6) is 0 Å². The first kappa shape index (κ1) is 17.9. The lowest BCUT2D eigenvalue weighted by Crippen LogP contribution is -2.33. The minimum Gasteiger partial charge on any atom is -0.361 e. The van der Waals surface area contributed by atoms with Crippen LogP contribution >= 0.6 is 12.2 Å².